The highest BCUT2D eigenvalue weighted by molar-refractivity contribution is 5.71. The lowest BCUT2D eigenvalue weighted by Crippen LogP contribution is -2.41. The molecule has 2 rings (SSSR count). The lowest BCUT2D eigenvalue weighted by molar-refractivity contribution is -0.144. The fraction of sp³-hybridized carbons (Fsp3) is 0.917. The number of hydrogen-bond donors (Lipinski definition) is 1. The van der Waals surface area contributed by atoms with Crippen molar-refractivity contribution in [2.24, 2.45) is 0 Å². The van der Waals surface area contributed by atoms with Gasteiger partial charge in [-0.3, -0.25) is 9.69 Å². The van der Waals surface area contributed by atoms with Gasteiger partial charge in [-0.05, 0) is 39.2 Å². The minimum Gasteiger partial charge on any atom is -0.465 e. The van der Waals surface area contributed by atoms with Crippen molar-refractivity contribution in [1.29, 1.82) is 0 Å². The average Bonchev–Trinajstić information content (AvgIpc) is 2.98. The summed E-state index contributed by atoms with van der Waals surface area (Å²) in [7, 11) is 0. The third-order valence-electron chi connectivity index (χ3n) is 3.32. The van der Waals surface area contributed by atoms with E-state index >= 15 is 0 Å². The topological polar surface area (TPSA) is 41.6 Å². The van der Waals surface area contributed by atoms with Crippen LogP contribution in [0, 0.1) is 0 Å². The third-order valence-corrected chi connectivity index (χ3v) is 3.32. The molecule has 1 saturated carbocycles. The van der Waals surface area contributed by atoms with Crippen LogP contribution < -0.4 is 5.32 Å². The minimum atomic E-state index is -0.0765. The van der Waals surface area contributed by atoms with E-state index < -0.39 is 0 Å². The maximum absolute atomic E-state index is 11.5. The molecule has 16 heavy (non-hydrogen) atoms. The molecule has 4 nitrogen and oxygen atoms in total. The molecule has 2 fully saturated rings. The predicted octanol–water partition coefficient (Wildman–Crippen LogP) is 0.766. The Morgan fingerprint density at radius 2 is 2.25 bits per heavy atom. The molecule has 1 aliphatic carbocycles. The zero-order valence-electron chi connectivity index (χ0n) is 10.1. The van der Waals surface area contributed by atoms with Crippen molar-refractivity contribution in [3.63, 3.8) is 0 Å². The molecular formula is C12H22N2O2. The maximum Gasteiger partial charge on any atom is 0.320 e. The van der Waals surface area contributed by atoms with Crippen molar-refractivity contribution in [2.45, 2.75) is 44.7 Å². The number of hydrogen-bond acceptors (Lipinski definition) is 4. The molecule has 1 saturated heterocycles. The molecule has 1 unspecified atom stereocenters. The number of nitrogens with one attached hydrogen (secondary N) is 1. The Kier molecular flexibility index (Phi) is 4.18. The Labute approximate surface area is 97.3 Å². The lowest BCUT2D eigenvalue weighted by atomic mass is 10.2. The van der Waals surface area contributed by atoms with Gasteiger partial charge in [0, 0.05) is 18.6 Å². The second-order valence-corrected chi connectivity index (χ2v) is 4.76. The Hall–Kier alpha value is -0.610. The summed E-state index contributed by atoms with van der Waals surface area (Å²) in [5, 5.41) is 3.48. The molecule has 0 aromatic carbocycles. The van der Waals surface area contributed by atoms with E-state index in [4.69, 9.17) is 4.74 Å². The molecule has 0 amide bonds. The van der Waals surface area contributed by atoms with Crippen LogP contribution in [-0.2, 0) is 9.53 Å². The molecule has 0 aromatic rings. The SMILES string of the molecule is CCOC(=O)CN(CC1CCCN1)C1CC1. The summed E-state index contributed by atoms with van der Waals surface area (Å²) in [4.78, 5) is 13.8. The smallest absolute Gasteiger partial charge is 0.320 e. The molecular weight excluding hydrogens is 204 g/mol. The summed E-state index contributed by atoms with van der Waals surface area (Å²) in [6.45, 7) is 4.94. The van der Waals surface area contributed by atoms with Crippen LogP contribution in [-0.4, -0.2) is 49.2 Å². The molecule has 0 bridgehead atoms. The predicted molar refractivity (Wildman–Crippen MR) is 62.3 cm³/mol. The van der Waals surface area contributed by atoms with Crippen molar-refractivity contribution in [3.8, 4) is 0 Å². The van der Waals surface area contributed by atoms with Gasteiger partial charge in [0.2, 0.25) is 0 Å². The molecule has 1 atom stereocenters. The molecule has 1 heterocycles. The first-order chi connectivity index (χ1) is 7.79. The van der Waals surface area contributed by atoms with Gasteiger partial charge in [-0.1, -0.05) is 0 Å². The number of esters is 1. The largest absolute Gasteiger partial charge is 0.465 e. The van der Waals surface area contributed by atoms with Crippen LogP contribution in [0.1, 0.15) is 32.6 Å². The molecule has 1 aliphatic heterocycles. The normalized spacial score (nSPS) is 25.0. The van der Waals surface area contributed by atoms with Crippen LogP contribution in [0.2, 0.25) is 0 Å². The minimum absolute atomic E-state index is 0.0765. The second kappa shape index (κ2) is 5.64. The summed E-state index contributed by atoms with van der Waals surface area (Å²) in [6.07, 6.45) is 4.99. The van der Waals surface area contributed by atoms with Gasteiger partial charge in [0.15, 0.2) is 0 Å². The number of nitrogens with zero attached hydrogens (tertiary/aromatic N) is 1. The van der Waals surface area contributed by atoms with Gasteiger partial charge in [-0.2, -0.15) is 0 Å². The van der Waals surface area contributed by atoms with Crippen molar-refractivity contribution in [2.75, 3.05) is 26.2 Å². The van der Waals surface area contributed by atoms with Crippen molar-refractivity contribution < 1.29 is 9.53 Å². The van der Waals surface area contributed by atoms with Crippen molar-refractivity contribution in [3.05, 3.63) is 0 Å². The maximum atomic E-state index is 11.5. The number of rotatable bonds is 6. The zero-order chi connectivity index (χ0) is 11.4. The van der Waals surface area contributed by atoms with E-state index in [0.717, 1.165) is 13.1 Å². The second-order valence-electron chi connectivity index (χ2n) is 4.76. The summed E-state index contributed by atoms with van der Waals surface area (Å²) < 4.78 is 5.01. The van der Waals surface area contributed by atoms with Gasteiger partial charge in [0.25, 0.3) is 0 Å². The quantitative estimate of drug-likeness (QED) is 0.679. The van der Waals surface area contributed by atoms with E-state index in [0.29, 0.717) is 25.2 Å². The number of carbonyl (C=O) groups excluding carboxylic acids is 1. The van der Waals surface area contributed by atoms with Crippen molar-refractivity contribution in [1.82, 2.24) is 10.2 Å². The standard InChI is InChI=1S/C12H22N2O2/c1-2-16-12(15)9-14(11-5-6-11)8-10-4-3-7-13-10/h10-11,13H,2-9H2,1H3. The number of ether oxygens (including phenoxy) is 1. The first kappa shape index (κ1) is 11.9. The van der Waals surface area contributed by atoms with Crippen LogP contribution in [0.5, 0.6) is 0 Å². The van der Waals surface area contributed by atoms with Gasteiger partial charge >= 0.3 is 5.97 Å². The van der Waals surface area contributed by atoms with E-state index in [1.165, 1.54) is 25.7 Å². The van der Waals surface area contributed by atoms with Crippen LogP contribution in [0.3, 0.4) is 0 Å². The van der Waals surface area contributed by atoms with Gasteiger partial charge in [0.1, 0.15) is 0 Å². The lowest BCUT2D eigenvalue weighted by Gasteiger charge is -2.24. The van der Waals surface area contributed by atoms with Crippen LogP contribution in [0.25, 0.3) is 0 Å². The summed E-state index contributed by atoms with van der Waals surface area (Å²) in [6, 6.07) is 1.21. The molecule has 0 spiro atoms. The monoisotopic (exact) mass is 226 g/mol. The van der Waals surface area contributed by atoms with Gasteiger partial charge in [-0.15, -0.1) is 0 Å². The van der Waals surface area contributed by atoms with E-state index in [2.05, 4.69) is 10.2 Å². The Morgan fingerprint density at radius 1 is 1.44 bits per heavy atom. The van der Waals surface area contributed by atoms with Crippen LogP contribution >= 0.6 is 0 Å². The molecule has 0 aromatic heterocycles. The molecule has 92 valence electrons. The summed E-state index contributed by atoms with van der Waals surface area (Å²) >= 11 is 0. The Balaban J connectivity index is 1.77. The van der Waals surface area contributed by atoms with Gasteiger partial charge in [-0.25, -0.2) is 0 Å². The molecule has 4 heteroatoms. The fourth-order valence-corrected chi connectivity index (χ4v) is 2.35. The van der Waals surface area contributed by atoms with Crippen molar-refractivity contribution >= 4 is 5.97 Å². The van der Waals surface area contributed by atoms with Crippen LogP contribution in [0.15, 0.2) is 0 Å². The van der Waals surface area contributed by atoms with E-state index in [1.54, 1.807) is 0 Å². The third kappa shape index (κ3) is 3.46. The highest BCUT2D eigenvalue weighted by Gasteiger charge is 2.32. The van der Waals surface area contributed by atoms with Gasteiger partial charge < -0.3 is 10.1 Å². The van der Waals surface area contributed by atoms with Crippen LogP contribution in [0.4, 0.5) is 0 Å². The highest BCUT2D eigenvalue weighted by atomic mass is 16.5. The summed E-state index contributed by atoms with van der Waals surface area (Å²) in [5.41, 5.74) is 0. The molecule has 0 radical (unpaired) electrons. The van der Waals surface area contributed by atoms with E-state index in [9.17, 15) is 4.79 Å². The first-order valence-electron chi connectivity index (χ1n) is 6.42. The van der Waals surface area contributed by atoms with E-state index in [-0.39, 0.29) is 5.97 Å². The number of carbonyl (C=O) groups is 1. The summed E-state index contributed by atoms with van der Waals surface area (Å²) in [5.74, 6) is -0.0765. The highest BCUT2D eigenvalue weighted by Crippen LogP contribution is 2.27. The zero-order valence-corrected chi connectivity index (χ0v) is 10.1. The fourth-order valence-electron chi connectivity index (χ4n) is 2.35. The Morgan fingerprint density at radius 3 is 2.81 bits per heavy atom. The Bertz CT molecular complexity index is 235. The molecule has 2 aliphatic rings. The molecule has 1 N–H and O–H groups in total. The first-order valence-corrected chi connectivity index (χ1v) is 6.42. The van der Waals surface area contributed by atoms with Gasteiger partial charge in [0.05, 0.1) is 13.2 Å². The van der Waals surface area contributed by atoms with E-state index in [1.807, 2.05) is 6.92 Å². The average molecular weight is 226 g/mol.